The highest BCUT2D eigenvalue weighted by molar-refractivity contribution is 7.90. The second-order valence-corrected chi connectivity index (χ2v) is 8.02. The van der Waals surface area contributed by atoms with Crippen LogP contribution >= 0.6 is 0 Å². The van der Waals surface area contributed by atoms with Crippen LogP contribution in [0.2, 0.25) is 0 Å². The first-order valence-electron chi connectivity index (χ1n) is 8.27. The van der Waals surface area contributed by atoms with E-state index >= 15 is 0 Å². The lowest BCUT2D eigenvalue weighted by Gasteiger charge is -2.09. The average molecular weight is 372 g/mol. The molecule has 3 rings (SSSR count). The molecule has 6 nitrogen and oxygen atoms in total. The van der Waals surface area contributed by atoms with Crippen LogP contribution in [-0.4, -0.2) is 36.8 Å². The molecule has 0 fully saturated rings. The Hall–Kier alpha value is -2.67. The third kappa shape index (κ3) is 3.94. The number of carbonyl (C=O) groups is 1. The molecule has 0 unspecified atom stereocenters. The minimum Gasteiger partial charge on any atom is -0.466 e. The summed E-state index contributed by atoms with van der Waals surface area (Å²) in [5, 5.41) is 0. The van der Waals surface area contributed by atoms with Crippen LogP contribution in [0.25, 0.3) is 11.0 Å². The smallest absolute Gasteiger partial charge is 0.313 e. The Morgan fingerprint density at radius 1 is 1.15 bits per heavy atom. The monoisotopic (exact) mass is 372 g/mol. The molecule has 0 saturated carbocycles. The molecule has 3 aromatic rings. The lowest BCUT2D eigenvalue weighted by atomic mass is 10.2. The van der Waals surface area contributed by atoms with Gasteiger partial charge in [0, 0.05) is 12.8 Å². The summed E-state index contributed by atoms with van der Waals surface area (Å²) in [4.78, 5) is 16.7. The number of nitrogens with zero attached hydrogens (tertiary/aromatic N) is 2. The molecule has 1 heterocycles. The molecule has 26 heavy (non-hydrogen) atoms. The Bertz CT molecular complexity index is 1040. The van der Waals surface area contributed by atoms with Gasteiger partial charge in [-0.2, -0.15) is 0 Å². The first kappa shape index (κ1) is 18.1. The van der Waals surface area contributed by atoms with Crippen LogP contribution in [0.5, 0.6) is 0 Å². The molecule has 0 radical (unpaired) electrons. The molecule has 2 aromatic carbocycles. The summed E-state index contributed by atoms with van der Waals surface area (Å²) in [5.74, 6) is 0.188. The summed E-state index contributed by atoms with van der Waals surface area (Å²) in [6.07, 6.45) is 1.19. The molecule has 0 spiro atoms. The van der Waals surface area contributed by atoms with Gasteiger partial charge < -0.3 is 9.30 Å². The van der Waals surface area contributed by atoms with E-state index in [0.717, 1.165) is 17.3 Å². The van der Waals surface area contributed by atoms with E-state index in [0.29, 0.717) is 24.5 Å². The molecule has 7 heteroatoms. The number of imidazole rings is 1. The summed E-state index contributed by atoms with van der Waals surface area (Å²) >= 11 is 0. The minimum atomic E-state index is -3.33. The van der Waals surface area contributed by atoms with Crippen molar-refractivity contribution in [1.29, 1.82) is 0 Å². The van der Waals surface area contributed by atoms with Crippen molar-refractivity contribution in [2.45, 2.75) is 24.8 Å². The molecular formula is C19H20N2O4S. The first-order chi connectivity index (χ1) is 12.4. The highest BCUT2D eigenvalue weighted by atomic mass is 32.2. The van der Waals surface area contributed by atoms with Gasteiger partial charge in [0.2, 0.25) is 0 Å². The fourth-order valence-corrected chi connectivity index (χ4v) is 3.45. The topological polar surface area (TPSA) is 78.3 Å². The maximum Gasteiger partial charge on any atom is 0.313 e. The molecule has 0 bridgehead atoms. The van der Waals surface area contributed by atoms with Crippen LogP contribution in [0.3, 0.4) is 0 Å². The molecule has 136 valence electrons. The molecule has 0 N–H and O–H groups in total. The second kappa shape index (κ2) is 7.29. The largest absolute Gasteiger partial charge is 0.466 e. The normalized spacial score (nSPS) is 11.6. The van der Waals surface area contributed by atoms with E-state index in [9.17, 15) is 13.2 Å². The van der Waals surface area contributed by atoms with Crippen LogP contribution < -0.4 is 0 Å². The standard InChI is InChI=1S/C19H20N2O4S/c1-3-25-19(22)12-18-20-16-11-15(26(2,23)24)9-10-17(16)21(18)13-14-7-5-4-6-8-14/h4-11H,3,12-13H2,1-2H3. The van der Waals surface area contributed by atoms with E-state index in [-0.39, 0.29) is 17.3 Å². The van der Waals surface area contributed by atoms with E-state index in [1.807, 2.05) is 34.9 Å². The summed E-state index contributed by atoms with van der Waals surface area (Å²) in [6, 6.07) is 14.7. The molecule has 1 aromatic heterocycles. The van der Waals surface area contributed by atoms with Gasteiger partial charge in [-0.25, -0.2) is 13.4 Å². The van der Waals surface area contributed by atoms with Crippen LogP contribution in [0.4, 0.5) is 0 Å². The summed E-state index contributed by atoms with van der Waals surface area (Å²) in [6.45, 7) is 2.59. The van der Waals surface area contributed by atoms with E-state index in [1.54, 1.807) is 25.1 Å². The number of aromatic nitrogens is 2. The number of esters is 1. The zero-order valence-corrected chi connectivity index (χ0v) is 15.5. The molecule has 0 saturated heterocycles. The van der Waals surface area contributed by atoms with Crippen molar-refractivity contribution in [2.24, 2.45) is 0 Å². The van der Waals surface area contributed by atoms with Crippen molar-refractivity contribution in [3.63, 3.8) is 0 Å². The van der Waals surface area contributed by atoms with Crippen molar-refractivity contribution in [2.75, 3.05) is 12.9 Å². The predicted molar refractivity (Wildman–Crippen MR) is 98.7 cm³/mol. The van der Waals surface area contributed by atoms with Gasteiger partial charge in [0.15, 0.2) is 9.84 Å². The van der Waals surface area contributed by atoms with Crippen molar-refractivity contribution >= 4 is 26.8 Å². The number of ether oxygens (including phenoxy) is 1. The van der Waals surface area contributed by atoms with Crippen molar-refractivity contribution in [1.82, 2.24) is 9.55 Å². The van der Waals surface area contributed by atoms with Gasteiger partial charge in [-0.05, 0) is 30.7 Å². The van der Waals surface area contributed by atoms with Crippen LogP contribution in [-0.2, 0) is 32.3 Å². The number of hydrogen-bond acceptors (Lipinski definition) is 5. The fraction of sp³-hybridized carbons (Fsp3) is 0.263. The fourth-order valence-electron chi connectivity index (χ4n) is 2.81. The Balaban J connectivity index is 2.09. The Labute approximate surface area is 152 Å². The predicted octanol–water partition coefficient (Wildman–Crippen LogP) is 2.59. The number of fused-ring (bicyclic) bond motifs is 1. The van der Waals surface area contributed by atoms with Gasteiger partial charge in [-0.1, -0.05) is 30.3 Å². The van der Waals surface area contributed by atoms with Crippen molar-refractivity contribution in [3.05, 3.63) is 59.9 Å². The van der Waals surface area contributed by atoms with E-state index < -0.39 is 9.84 Å². The maximum absolute atomic E-state index is 11.9. The van der Waals surface area contributed by atoms with Crippen LogP contribution in [0.15, 0.2) is 53.4 Å². The van der Waals surface area contributed by atoms with Gasteiger partial charge in [-0.3, -0.25) is 4.79 Å². The SMILES string of the molecule is CCOC(=O)Cc1nc2cc(S(C)(=O)=O)ccc2n1Cc1ccccc1. The second-order valence-electron chi connectivity index (χ2n) is 6.00. The van der Waals surface area contributed by atoms with Gasteiger partial charge in [0.1, 0.15) is 12.2 Å². The Morgan fingerprint density at radius 2 is 1.88 bits per heavy atom. The summed E-state index contributed by atoms with van der Waals surface area (Å²) < 4.78 is 30.6. The number of carbonyl (C=O) groups excluding carboxylic acids is 1. The summed E-state index contributed by atoms with van der Waals surface area (Å²) in [5.41, 5.74) is 2.38. The van der Waals surface area contributed by atoms with Crippen LogP contribution in [0, 0.1) is 0 Å². The third-order valence-corrected chi connectivity index (χ3v) is 5.13. The van der Waals surface area contributed by atoms with Gasteiger partial charge >= 0.3 is 5.97 Å². The third-order valence-electron chi connectivity index (χ3n) is 4.02. The zero-order chi connectivity index (χ0) is 18.7. The molecule has 0 amide bonds. The maximum atomic E-state index is 11.9. The lowest BCUT2D eigenvalue weighted by Crippen LogP contribution is -2.13. The Kier molecular flexibility index (Phi) is 5.08. The number of hydrogen-bond donors (Lipinski definition) is 0. The average Bonchev–Trinajstić information content (AvgIpc) is 2.92. The van der Waals surface area contributed by atoms with E-state index in [4.69, 9.17) is 4.74 Å². The first-order valence-corrected chi connectivity index (χ1v) is 10.2. The number of rotatable bonds is 6. The van der Waals surface area contributed by atoms with Crippen molar-refractivity contribution < 1.29 is 17.9 Å². The van der Waals surface area contributed by atoms with E-state index in [2.05, 4.69) is 4.98 Å². The van der Waals surface area contributed by atoms with Crippen molar-refractivity contribution in [3.8, 4) is 0 Å². The highest BCUT2D eigenvalue weighted by Gasteiger charge is 2.17. The van der Waals surface area contributed by atoms with Gasteiger partial charge in [0.25, 0.3) is 0 Å². The Morgan fingerprint density at radius 3 is 2.54 bits per heavy atom. The summed E-state index contributed by atoms with van der Waals surface area (Å²) in [7, 11) is -3.33. The van der Waals surface area contributed by atoms with Gasteiger partial charge in [0.05, 0.1) is 22.5 Å². The van der Waals surface area contributed by atoms with Crippen LogP contribution in [0.1, 0.15) is 18.3 Å². The quantitative estimate of drug-likeness (QED) is 0.622. The molecule has 0 aliphatic heterocycles. The molecular weight excluding hydrogens is 352 g/mol. The minimum absolute atomic E-state index is 0.0313. The molecule has 0 aliphatic carbocycles. The zero-order valence-electron chi connectivity index (χ0n) is 14.7. The lowest BCUT2D eigenvalue weighted by molar-refractivity contribution is -0.142. The highest BCUT2D eigenvalue weighted by Crippen LogP contribution is 2.22. The molecule has 0 atom stereocenters. The molecule has 0 aliphatic rings. The number of benzene rings is 2. The van der Waals surface area contributed by atoms with E-state index in [1.165, 1.54) is 0 Å². The number of sulfone groups is 1. The van der Waals surface area contributed by atoms with Gasteiger partial charge in [-0.15, -0.1) is 0 Å².